The number of hydrogen-bond donors (Lipinski definition) is 2. The molecule has 32 heavy (non-hydrogen) atoms. The maximum atomic E-state index is 12.2. The van der Waals surface area contributed by atoms with Crippen LogP contribution in [0.15, 0.2) is 60.9 Å². The number of benzene rings is 2. The molecular formula is C23H21N5O3S. The number of nitrogens with zero attached hydrogens (tertiary/aromatic N) is 3. The minimum absolute atomic E-state index is 0.0579. The van der Waals surface area contributed by atoms with Crippen molar-refractivity contribution >= 4 is 44.7 Å². The Morgan fingerprint density at radius 3 is 2.72 bits per heavy atom. The number of hydrogen-bond acceptors (Lipinski definition) is 7. The number of anilines is 2. The highest BCUT2D eigenvalue weighted by atomic mass is 32.1. The van der Waals surface area contributed by atoms with Gasteiger partial charge >= 0.3 is 0 Å². The Hall–Kier alpha value is -3.85. The third-order valence-corrected chi connectivity index (χ3v) is 5.95. The number of carbonyl (C=O) groups is 1. The molecule has 2 aromatic carbocycles. The molecule has 0 aliphatic rings. The summed E-state index contributed by atoms with van der Waals surface area (Å²) in [6.07, 6.45) is 2.40. The van der Waals surface area contributed by atoms with Crippen molar-refractivity contribution in [2.24, 2.45) is 0 Å². The van der Waals surface area contributed by atoms with Gasteiger partial charge in [0, 0.05) is 41.2 Å². The normalized spacial score (nSPS) is 10.8. The topological polar surface area (TPSA) is 110 Å². The Morgan fingerprint density at radius 1 is 1.12 bits per heavy atom. The van der Waals surface area contributed by atoms with Gasteiger partial charge in [-0.3, -0.25) is 14.9 Å². The monoisotopic (exact) mass is 447 g/mol. The maximum absolute atomic E-state index is 12.2. The summed E-state index contributed by atoms with van der Waals surface area (Å²) < 4.78 is 0. The van der Waals surface area contributed by atoms with Gasteiger partial charge in [0.2, 0.25) is 5.91 Å². The van der Waals surface area contributed by atoms with Crippen molar-refractivity contribution < 1.29 is 9.72 Å². The first kappa shape index (κ1) is 21.4. The lowest BCUT2D eigenvalue weighted by Crippen LogP contribution is -2.14. The zero-order valence-electron chi connectivity index (χ0n) is 17.4. The molecule has 2 heterocycles. The standard InChI is InChI=1S/C23H21N5O3S/c1-15-20(16-7-3-2-4-8-16)21-22(25-14-26-23(21)32-15)24-12-6-11-19(29)27-17-9-5-10-18(13-17)28(30)31/h2-5,7-10,13-14H,6,11-12H2,1H3,(H,27,29)(H,24,25,26). The predicted octanol–water partition coefficient (Wildman–Crippen LogP) is 5.41. The van der Waals surface area contributed by atoms with Gasteiger partial charge in [-0.2, -0.15) is 0 Å². The lowest BCUT2D eigenvalue weighted by Gasteiger charge is -2.09. The van der Waals surface area contributed by atoms with Gasteiger partial charge in [-0.15, -0.1) is 11.3 Å². The van der Waals surface area contributed by atoms with Gasteiger partial charge in [0.25, 0.3) is 5.69 Å². The number of thiophene rings is 1. The van der Waals surface area contributed by atoms with Crippen LogP contribution in [-0.4, -0.2) is 27.3 Å². The summed E-state index contributed by atoms with van der Waals surface area (Å²) in [7, 11) is 0. The van der Waals surface area contributed by atoms with E-state index in [1.165, 1.54) is 17.0 Å². The smallest absolute Gasteiger partial charge is 0.271 e. The number of fused-ring (bicyclic) bond motifs is 1. The number of nitrogens with one attached hydrogen (secondary N) is 2. The van der Waals surface area contributed by atoms with Crippen LogP contribution in [-0.2, 0) is 4.79 Å². The van der Waals surface area contributed by atoms with Gasteiger partial charge in [0.1, 0.15) is 17.0 Å². The number of aryl methyl sites for hydroxylation is 1. The molecule has 2 aromatic heterocycles. The summed E-state index contributed by atoms with van der Waals surface area (Å²) in [5.41, 5.74) is 2.59. The Labute approximate surface area is 188 Å². The van der Waals surface area contributed by atoms with Gasteiger partial charge < -0.3 is 10.6 Å². The van der Waals surface area contributed by atoms with Crippen molar-refractivity contribution in [1.82, 2.24) is 9.97 Å². The van der Waals surface area contributed by atoms with Crippen LogP contribution in [0.25, 0.3) is 21.3 Å². The third kappa shape index (κ3) is 4.73. The van der Waals surface area contributed by atoms with Crippen LogP contribution in [0.2, 0.25) is 0 Å². The summed E-state index contributed by atoms with van der Waals surface area (Å²) in [5.74, 6) is 0.550. The molecule has 0 atom stereocenters. The zero-order valence-corrected chi connectivity index (χ0v) is 18.2. The zero-order chi connectivity index (χ0) is 22.5. The van der Waals surface area contributed by atoms with Crippen LogP contribution >= 0.6 is 11.3 Å². The maximum Gasteiger partial charge on any atom is 0.271 e. The van der Waals surface area contributed by atoms with Crippen LogP contribution in [0, 0.1) is 17.0 Å². The molecule has 0 spiro atoms. The molecular weight excluding hydrogens is 426 g/mol. The largest absolute Gasteiger partial charge is 0.369 e. The lowest BCUT2D eigenvalue weighted by molar-refractivity contribution is -0.384. The predicted molar refractivity (Wildman–Crippen MR) is 127 cm³/mol. The fraction of sp³-hybridized carbons (Fsp3) is 0.174. The number of aromatic nitrogens is 2. The second kappa shape index (κ2) is 9.52. The van der Waals surface area contributed by atoms with Gasteiger partial charge in [-0.05, 0) is 25.0 Å². The molecule has 0 radical (unpaired) electrons. The molecule has 162 valence electrons. The number of non-ortho nitro benzene ring substituents is 1. The van der Waals surface area contributed by atoms with E-state index in [1.54, 1.807) is 29.8 Å². The Balaban J connectivity index is 1.40. The van der Waals surface area contributed by atoms with Crippen molar-refractivity contribution in [3.63, 3.8) is 0 Å². The molecule has 0 aliphatic heterocycles. The molecule has 0 aliphatic carbocycles. The van der Waals surface area contributed by atoms with Gasteiger partial charge in [-0.1, -0.05) is 36.4 Å². The Kier molecular flexibility index (Phi) is 6.37. The molecule has 9 heteroatoms. The van der Waals surface area contributed by atoms with Gasteiger partial charge in [-0.25, -0.2) is 9.97 Å². The van der Waals surface area contributed by atoms with E-state index in [0.29, 0.717) is 18.7 Å². The number of carbonyl (C=O) groups excluding carboxylic acids is 1. The summed E-state index contributed by atoms with van der Waals surface area (Å²) >= 11 is 1.63. The van der Waals surface area contributed by atoms with Crippen molar-refractivity contribution in [1.29, 1.82) is 0 Å². The highest BCUT2D eigenvalue weighted by Crippen LogP contribution is 2.40. The van der Waals surface area contributed by atoms with Crippen molar-refractivity contribution in [3.05, 3.63) is 75.9 Å². The van der Waals surface area contributed by atoms with E-state index in [4.69, 9.17) is 0 Å². The first-order chi connectivity index (χ1) is 15.5. The molecule has 4 aromatic rings. The summed E-state index contributed by atoms with van der Waals surface area (Å²) in [5, 5.41) is 17.9. The van der Waals surface area contributed by atoms with E-state index in [0.717, 1.165) is 27.2 Å². The van der Waals surface area contributed by atoms with Crippen molar-refractivity contribution in [3.8, 4) is 11.1 Å². The average Bonchev–Trinajstić information content (AvgIpc) is 3.14. The fourth-order valence-corrected chi connectivity index (χ4v) is 4.52. The summed E-state index contributed by atoms with van der Waals surface area (Å²) in [4.78, 5) is 33.6. The molecule has 0 saturated heterocycles. The first-order valence-corrected chi connectivity index (χ1v) is 10.9. The van der Waals surface area contributed by atoms with E-state index < -0.39 is 4.92 Å². The quantitative estimate of drug-likeness (QED) is 0.212. The lowest BCUT2D eigenvalue weighted by atomic mass is 10.0. The van der Waals surface area contributed by atoms with E-state index in [1.807, 2.05) is 18.2 Å². The molecule has 8 nitrogen and oxygen atoms in total. The minimum atomic E-state index is -0.488. The van der Waals surface area contributed by atoms with Crippen molar-refractivity contribution in [2.45, 2.75) is 19.8 Å². The second-order valence-electron chi connectivity index (χ2n) is 7.19. The average molecular weight is 448 g/mol. The minimum Gasteiger partial charge on any atom is -0.369 e. The highest BCUT2D eigenvalue weighted by molar-refractivity contribution is 7.19. The van der Waals surface area contributed by atoms with E-state index >= 15 is 0 Å². The van der Waals surface area contributed by atoms with Crippen LogP contribution in [0.4, 0.5) is 17.2 Å². The fourth-order valence-electron chi connectivity index (χ4n) is 3.51. The van der Waals surface area contributed by atoms with Crippen LogP contribution in [0.1, 0.15) is 17.7 Å². The second-order valence-corrected chi connectivity index (χ2v) is 8.39. The number of nitro groups is 1. The number of nitro benzene ring substituents is 1. The molecule has 2 N–H and O–H groups in total. The molecule has 0 unspecified atom stereocenters. The first-order valence-electron chi connectivity index (χ1n) is 10.1. The Morgan fingerprint density at radius 2 is 1.94 bits per heavy atom. The van der Waals surface area contributed by atoms with E-state index in [-0.39, 0.29) is 18.0 Å². The van der Waals surface area contributed by atoms with Crippen LogP contribution in [0.5, 0.6) is 0 Å². The number of amides is 1. The molecule has 0 fully saturated rings. The summed E-state index contributed by atoms with van der Waals surface area (Å²) in [6, 6.07) is 16.1. The van der Waals surface area contributed by atoms with E-state index in [9.17, 15) is 14.9 Å². The van der Waals surface area contributed by atoms with Gasteiger partial charge in [0.15, 0.2) is 0 Å². The summed E-state index contributed by atoms with van der Waals surface area (Å²) in [6.45, 7) is 2.63. The molecule has 4 rings (SSSR count). The van der Waals surface area contributed by atoms with Crippen molar-refractivity contribution in [2.75, 3.05) is 17.2 Å². The SMILES string of the molecule is Cc1sc2ncnc(NCCCC(=O)Nc3cccc([N+](=O)[O-])c3)c2c1-c1ccccc1. The molecule has 0 saturated carbocycles. The van der Waals surface area contributed by atoms with Crippen LogP contribution in [0.3, 0.4) is 0 Å². The van der Waals surface area contributed by atoms with Crippen LogP contribution < -0.4 is 10.6 Å². The molecule has 1 amide bonds. The van der Waals surface area contributed by atoms with Gasteiger partial charge in [0.05, 0.1) is 10.3 Å². The third-order valence-electron chi connectivity index (χ3n) is 4.94. The molecule has 0 bridgehead atoms. The Bertz CT molecular complexity index is 1270. The van der Waals surface area contributed by atoms with E-state index in [2.05, 4.69) is 39.7 Å². The number of rotatable bonds is 8. The highest BCUT2D eigenvalue weighted by Gasteiger charge is 2.16.